The molecule has 1 aromatic carbocycles. The minimum absolute atomic E-state index is 0.335. The molecule has 0 unspecified atom stereocenters. The zero-order valence-corrected chi connectivity index (χ0v) is 7.45. The van der Waals surface area contributed by atoms with Crippen molar-refractivity contribution in [1.29, 1.82) is 0 Å². The second-order valence-corrected chi connectivity index (χ2v) is 3.11. The third kappa shape index (κ3) is 1.35. The van der Waals surface area contributed by atoms with Crippen molar-refractivity contribution in [2.45, 2.75) is 6.42 Å². The van der Waals surface area contributed by atoms with Gasteiger partial charge in [-0.2, -0.15) is 0 Å². The van der Waals surface area contributed by atoms with Crippen LogP contribution in [0, 0.1) is 0 Å². The molecule has 1 aliphatic rings. The lowest BCUT2D eigenvalue weighted by Gasteiger charge is -2.00. The number of hydrogen-bond acceptors (Lipinski definition) is 3. The van der Waals surface area contributed by atoms with Gasteiger partial charge in [0.05, 0.1) is 6.61 Å². The summed E-state index contributed by atoms with van der Waals surface area (Å²) in [4.78, 5) is 21.9. The van der Waals surface area contributed by atoms with Crippen LogP contribution in [-0.4, -0.2) is 18.3 Å². The Hall–Kier alpha value is -1.84. The van der Waals surface area contributed by atoms with Crippen molar-refractivity contribution < 1.29 is 14.3 Å². The summed E-state index contributed by atoms with van der Waals surface area (Å²) in [7, 11) is 0. The van der Waals surface area contributed by atoms with Crippen molar-refractivity contribution in [3.05, 3.63) is 29.3 Å². The second kappa shape index (κ2) is 3.14. The summed E-state index contributed by atoms with van der Waals surface area (Å²) in [6, 6.07) is 4.91. The summed E-state index contributed by atoms with van der Waals surface area (Å²) < 4.78 is 5.27. The largest absolute Gasteiger partial charge is 0.493 e. The molecule has 1 heterocycles. The molecular weight excluding hydrogens is 182 g/mol. The molecule has 1 amide bonds. The number of amides is 1. The number of benzene rings is 1. The van der Waals surface area contributed by atoms with Gasteiger partial charge in [-0.25, -0.2) is 0 Å². The first-order valence-corrected chi connectivity index (χ1v) is 4.28. The van der Waals surface area contributed by atoms with Crippen molar-refractivity contribution in [1.82, 2.24) is 0 Å². The minimum atomic E-state index is -0.927. The molecule has 72 valence electrons. The lowest BCUT2D eigenvalue weighted by atomic mass is 10.1. The van der Waals surface area contributed by atoms with Crippen LogP contribution < -0.4 is 10.5 Å². The van der Waals surface area contributed by atoms with Gasteiger partial charge in [-0.15, -0.1) is 0 Å². The van der Waals surface area contributed by atoms with Crippen LogP contribution in [0.3, 0.4) is 0 Å². The average molecular weight is 191 g/mol. The van der Waals surface area contributed by atoms with Gasteiger partial charge in [-0.05, 0) is 23.8 Å². The number of hydrogen-bond donors (Lipinski definition) is 1. The molecule has 0 saturated heterocycles. The smallest absolute Gasteiger partial charge is 0.289 e. The fourth-order valence-electron chi connectivity index (χ4n) is 1.47. The molecule has 0 atom stereocenters. The SMILES string of the molecule is NC(=O)C(=O)c1ccc2c(c1)CCO2. The fraction of sp³-hybridized carbons (Fsp3) is 0.200. The van der Waals surface area contributed by atoms with Crippen LogP contribution in [0.2, 0.25) is 0 Å². The molecule has 2 N–H and O–H groups in total. The van der Waals surface area contributed by atoms with E-state index in [4.69, 9.17) is 10.5 Å². The van der Waals surface area contributed by atoms with Crippen LogP contribution in [0.25, 0.3) is 0 Å². The topological polar surface area (TPSA) is 69.4 Å². The molecule has 0 aliphatic carbocycles. The summed E-state index contributed by atoms with van der Waals surface area (Å²) in [5, 5.41) is 0. The summed E-state index contributed by atoms with van der Waals surface area (Å²) in [6.07, 6.45) is 0.773. The molecule has 0 aromatic heterocycles. The molecule has 1 aliphatic heterocycles. The zero-order chi connectivity index (χ0) is 10.1. The number of carbonyl (C=O) groups is 2. The molecule has 0 spiro atoms. The molecule has 0 radical (unpaired) electrons. The standard InChI is InChI=1S/C10H9NO3/c11-10(13)9(12)7-1-2-8-6(5-7)3-4-14-8/h1-2,5H,3-4H2,(H2,11,13). The number of Topliss-reactive ketones (excluding diaryl/α,β-unsaturated/α-hetero) is 1. The lowest BCUT2D eigenvalue weighted by molar-refractivity contribution is -0.114. The van der Waals surface area contributed by atoms with Gasteiger partial charge in [0.2, 0.25) is 5.78 Å². The van der Waals surface area contributed by atoms with E-state index < -0.39 is 11.7 Å². The maximum Gasteiger partial charge on any atom is 0.289 e. The van der Waals surface area contributed by atoms with Crippen LogP contribution >= 0.6 is 0 Å². The highest BCUT2D eigenvalue weighted by atomic mass is 16.5. The second-order valence-electron chi connectivity index (χ2n) is 3.11. The van der Waals surface area contributed by atoms with Gasteiger partial charge in [-0.3, -0.25) is 9.59 Å². The van der Waals surface area contributed by atoms with Crippen LogP contribution in [0.1, 0.15) is 15.9 Å². The molecule has 4 heteroatoms. The fourth-order valence-corrected chi connectivity index (χ4v) is 1.47. The van der Waals surface area contributed by atoms with Crippen molar-refractivity contribution in [2.75, 3.05) is 6.61 Å². The first-order valence-electron chi connectivity index (χ1n) is 4.28. The molecule has 4 nitrogen and oxygen atoms in total. The third-order valence-corrected chi connectivity index (χ3v) is 2.18. The number of ether oxygens (including phenoxy) is 1. The van der Waals surface area contributed by atoms with Gasteiger partial charge >= 0.3 is 0 Å². The lowest BCUT2D eigenvalue weighted by Crippen LogP contribution is -2.23. The summed E-state index contributed by atoms with van der Waals surface area (Å²) in [6.45, 7) is 0.629. The van der Waals surface area contributed by atoms with E-state index in [1.165, 1.54) is 0 Å². The number of carbonyl (C=O) groups excluding carboxylic acids is 2. The van der Waals surface area contributed by atoms with E-state index >= 15 is 0 Å². The number of ketones is 1. The predicted octanol–water partition coefficient (Wildman–Crippen LogP) is 0.289. The van der Waals surface area contributed by atoms with E-state index in [2.05, 4.69) is 0 Å². The molecule has 2 rings (SSSR count). The van der Waals surface area contributed by atoms with E-state index in [0.717, 1.165) is 17.7 Å². The van der Waals surface area contributed by atoms with E-state index in [0.29, 0.717) is 12.2 Å². The Morgan fingerprint density at radius 1 is 1.36 bits per heavy atom. The Kier molecular flexibility index (Phi) is 1.96. The Balaban J connectivity index is 2.38. The Morgan fingerprint density at radius 3 is 2.86 bits per heavy atom. The zero-order valence-electron chi connectivity index (χ0n) is 7.45. The molecule has 1 aromatic rings. The van der Waals surface area contributed by atoms with Crippen molar-refractivity contribution in [2.24, 2.45) is 5.73 Å². The first kappa shape index (κ1) is 8.74. The van der Waals surface area contributed by atoms with Crippen LogP contribution in [0.5, 0.6) is 5.75 Å². The number of rotatable bonds is 2. The maximum absolute atomic E-state index is 11.2. The van der Waals surface area contributed by atoms with Crippen molar-refractivity contribution >= 4 is 11.7 Å². The number of fused-ring (bicyclic) bond motifs is 1. The van der Waals surface area contributed by atoms with Gasteiger partial charge in [0.1, 0.15) is 5.75 Å². The first-order chi connectivity index (χ1) is 6.68. The molecular formula is C10H9NO3. The quantitative estimate of drug-likeness (QED) is 0.539. The monoisotopic (exact) mass is 191 g/mol. The molecule has 0 bridgehead atoms. The number of nitrogens with two attached hydrogens (primary N) is 1. The summed E-state index contributed by atoms with van der Waals surface area (Å²) in [5.41, 5.74) is 6.18. The van der Waals surface area contributed by atoms with Crippen LogP contribution in [0.15, 0.2) is 18.2 Å². The highest BCUT2D eigenvalue weighted by molar-refractivity contribution is 6.42. The number of primary amides is 1. The third-order valence-electron chi connectivity index (χ3n) is 2.18. The van der Waals surface area contributed by atoms with Gasteiger partial charge in [-0.1, -0.05) is 0 Å². The minimum Gasteiger partial charge on any atom is -0.493 e. The summed E-state index contributed by atoms with van der Waals surface area (Å²) >= 11 is 0. The van der Waals surface area contributed by atoms with Gasteiger partial charge in [0.25, 0.3) is 5.91 Å². The van der Waals surface area contributed by atoms with Gasteiger partial charge in [0.15, 0.2) is 0 Å². The normalized spacial score (nSPS) is 13.1. The highest BCUT2D eigenvalue weighted by Gasteiger charge is 2.17. The van der Waals surface area contributed by atoms with Crippen molar-refractivity contribution in [3.8, 4) is 5.75 Å². The van der Waals surface area contributed by atoms with E-state index in [-0.39, 0.29) is 0 Å². The average Bonchev–Trinajstić information content (AvgIpc) is 2.62. The van der Waals surface area contributed by atoms with E-state index in [1.807, 2.05) is 0 Å². The van der Waals surface area contributed by atoms with Crippen molar-refractivity contribution in [3.63, 3.8) is 0 Å². The molecule has 14 heavy (non-hydrogen) atoms. The molecule has 0 saturated carbocycles. The Labute approximate surface area is 80.7 Å². The van der Waals surface area contributed by atoms with Crippen LogP contribution in [0.4, 0.5) is 0 Å². The predicted molar refractivity (Wildman–Crippen MR) is 49.2 cm³/mol. The van der Waals surface area contributed by atoms with Crippen LogP contribution in [-0.2, 0) is 11.2 Å². The Morgan fingerprint density at radius 2 is 2.14 bits per heavy atom. The van der Waals surface area contributed by atoms with E-state index in [9.17, 15) is 9.59 Å². The maximum atomic E-state index is 11.2. The highest BCUT2D eigenvalue weighted by Crippen LogP contribution is 2.25. The molecule has 0 fully saturated rings. The van der Waals surface area contributed by atoms with Gasteiger partial charge in [0, 0.05) is 12.0 Å². The van der Waals surface area contributed by atoms with E-state index in [1.54, 1.807) is 18.2 Å². The summed E-state index contributed by atoms with van der Waals surface area (Å²) in [5.74, 6) is -0.797. The Bertz CT molecular complexity index is 412. The van der Waals surface area contributed by atoms with Gasteiger partial charge < -0.3 is 10.5 Å².